The molecule has 0 aromatic heterocycles. The third-order valence-corrected chi connectivity index (χ3v) is 4.16. The van der Waals surface area contributed by atoms with E-state index in [2.05, 4.69) is 10.6 Å². The number of hydrogen-bond donors (Lipinski definition) is 2. The summed E-state index contributed by atoms with van der Waals surface area (Å²) < 4.78 is 0. The maximum Gasteiger partial charge on any atom is 0.243 e. The van der Waals surface area contributed by atoms with Gasteiger partial charge in [-0.2, -0.15) is 11.8 Å². The van der Waals surface area contributed by atoms with Crippen molar-refractivity contribution in [3.05, 3.63) is 0 Å². The number of amides is 2. The Morgan fingerprint density at radius 2 is 1.40 bits per heavy atom. The average Bonchev–Trinajstić information content (AvgIpc) is 2.49. The molecule has 0 aromatic carbocycles. The van der Waals surface area contributed by atoms with E-state index in [1.807, 2.05) is 34.0 Å². The SMILES string of the molecule is CSCCC(=O)C(=O)[C@H](CC(C)C)NC(=O)[C@H](CC(C)C)NC(C)=O. The molecule has 0 aliphatic rings. The molecule has 0 aromatic rings. The Kier molecular flexibility index (Phi) is 11.4. The van der Waals surface area contributed by atoms with Crippen LogP contribution in [-0.4, -0.2) is 47.5 Å². The van der Waals surface area contributed by atoms with Crippen molar-refractivity contribution < 1.29 is 19.2 Å². The van der Waals surface area contributed by atoms with Crippen LogP contribution in [0.4, 0.5) is 0 Å². The van der Waals surface area contributed by atoms with Crippen LogP contribution in [0.5, 0.6) is 0 Å². The lowest BCUT2D eigenvalue weighted by molar-refractivity contribution is -0.139. The van der Waals surface area contributed by atoms with Crippen LogP contribution in [0, 0.1) is 11.8 Å². The Hall–Kier alpha value is -1.37. The smallest absolute Gasteiger partial charge is 0.243 e. The predicted octanol–water partition coefficient (Wildman–Crippen LogP) is 1.96. The molecule has 0 aliphatic heterocycles. The molecule has 0 radical (unpaired) electrons. The van der Waals surface area contributed by atoms with E-state index in [0.717, 1.165) is 0 Å². The minimum absolute atomic E-state index is 0.145. The normalized spacial score (nSPS) is 13.4. The molecule has 0 spiro atoms. The van der Waals surface area contributed by atoms with Gasteiger partial charge in [0.05, 0.1) is 6.04 Å². The minimum atomic E-state index is -0.842. The highest BCUT2D eigenvalue weighted by atomic mass is 32.2. The van der Waals surface area contributed by atoms with E-state index in [9.17, 15) is 19.2 Å². The zero-order valence-electron chi connectivity index (χ0n) is 16.2. The lowest BCUT2D eigenvalue weighted by Crippen LogP contribution is -2.53. The molecule has 6 nitrogen and oxygen atoms in total. The number of nitrogens with one attached hydrogen (secondary N) is 2. The van der Waals surface area contributed by atoms with Gasteiger partial charge in [-0.25, -0.2) is 0 Å². The molecule has 2 atom stereocenters. The molecule has 0 rings (SSSR count). The third kappa shape index (κ3) is 10.3. The van der Waals surface area contributed by atoms with Crippen LogP contribution >= 0.6 is 11.8 Å². The average molecular weight is 373 g/mol. The largest absolute Gasteiger partial charge is 0.345 e. The maximum atomic E-state index is 12.6. The van der Waals surface area contributed by atoms with Crippen molar-refractivity contribution in [2.45, 2.75) is 66.0 Å². The Labute approximate surface area is 155 Å². The summed E-state index contributed by atoms with van der Waals surface area (Å²) >= 11 is 1.50. The van der Waals surface area contributed by atoms with Crippen LogP contribution < -0.4 is 10.6 Å². The first-order valence-corrected chi connectivity index (χ1v) is 10.1. The molecular weight excluding hydrogens is 340 g/mol. The number of carbonyl (C=O) groups is 4. The zero-order chi connectivity index (χ0) is 19.6. The van der Waals surface area contributed by atoms with Crippen LogP contribution in [0.25, 0.3) is 0 Å². The fourth-order valence-corrected chi connectivity index (χ4v) is 2.83. The van der Waals surface area contributed by atoms with Gasteiger partial charge in [0.1, 0.15) is 6.04 Å². The lowest BCUT2D eigenvalue weighted by atomic mass is 9.96. The van der Waals surface area contributed by atoms with E-state index in [0.29, 0.717) is 18.6 Å². The highest BCUT2D eigenvalue weighted by molar-refractivity contribution is 7.98. The number of thioether (sulfide) groups is 1. The first-order valence-electron chi connectivity index (χ1n) is 8.71. The molecule has 2 amide bonds. The second-order valence-corrected chi connectivity index (χ2v) is 8.09. The summed E-state index contributed by atoms with van der Waals surface area (Å²) in [5, 5.41) is 5.31. The van der Waals surface area contributed by atoms with Gasteiger partial charge < -0.3 is 10.6 Å². The van der Waals surface area contributed by atoms with Gasteiger partial charge in [-0.15, -0.1) is 0 Å². The molecule has 2 N–H and O–H groups in total. The van der Waals surface area contributed by atoms with Gasteiger partial charge >= 0.3 is 0 Å². The summed E-state index contributed by atoms with van der Waals surface area (Å²) in [5.74, 6) is -0.807. The van der Waals surface area contributed by atoms with Crippen LogP contribution in [0.3, 0.4) is 0 Å². The van der Waals surface area contributed by atoms with Crippen molar-refractivity contribution >= 4 is 35.1 Å². The van der Waals surface area contributed by atoms with Gasteiger partial charge in [-0.3, -0.25) is 19.2 Å². The quantitative estimate of drug-likeness (QED) is 0.511. The number of Topliss-reactive ketones (excluding diaryl/α,β-unsaturated/α-hetero) is 2. The van der Waals surface area contributed by atoms with Crippen molar-refractivity contribution in [3.8, 4) is 0 Å². The second kappa shape index (κ2) is 12.1. The molecule has 0 bridgehead atoms. The van der Waals surface area contributed by atoms with Crippen LogP contribution in [0.2, 0.25) is 0 Å². The summed E-state index contributed by atoms with van der Waals surface area (Å²) in [6.45, 7) is 9.11. The molecule has 144 valence electrons. The molecule has 25 heavy (non-hydrogen) atoms. The molecule has 0 aliphatic carbocycles. The number of rotatable bonds is 12. The first-order chi connectivity index (χ1) is 11.6. The summed E-state index contributed by atoms with van der Waals surface area (Å²) in [6.07, 6.45) is 2.90. The van der Waals surface area contributed by atoms with E-state index < -0.39 is 29.6 Å². The number of carbonyl (C=O) groups excluding carboxylic acids is 4. The Bertz CT molecular complexity index is 478. The molecule has 0 saturated carbocycles. The van der Waals surface area contributed by atoms with E-state index in [1.165, 1.54) is 18.7 Å². The highest BCUT2D eigenvalue weighted by Gasteiger charge is 2.30. The summed E-state index contributed by atoms with van der Waals surface area (Å²) in [5.41, 5.74) is 0. The zero-order valence-corrected chi connectivity index (χ0v) is 17.0. The Morgan fingerprint density at radius 1 is 0.880 bits per heavy atom. The summed E-state index contributed by atoms with van der Waals surface area (Å²) in [4.78, 5) is 48.4. The van der Waals surface area contributed by atoms with E-state index in [1.54, 1.807) is 0 Å². The van der Waals surface area contributed by atoms with Crippen molar-refractivity contribution in [2.24, 2.45) is 11.8 Å². The summed E-state index contributed by atoms with van der Waals surface area (Å²) in [7, 11) is 0. The van der Waals surface area contributed by atoms with Crippen molar-refractivity contribution in [1.82, 2.24) is 10.6 Å². The predicted molar refractivity (Wildman–Crippen MR) is 101 cm³/mol. The maximum absolute atomic E-state index is 12.6. The molecule has 0 fully saturated rings. The molecule has 0 heterocycles. The van der Waals surface area contributed by atoms with Gasteiger partial charge in [0.25, 0.3) is 0 Å². The monoisotopic (exact) mass is 372 g/mol. The molecule has 0 saturated heterocycles. The lowest BCUT2D eigenvalue weighted by Gasteiger charge is -2.24. The van der Waals surface area contributed by atoms with Gasteiger partial charge in [0.15, 0.2) is 0 Å². The standard InChI is InChI=1S/C18H32N2O4S/c1-11(2)9-14(17(23)16(22)7-8-25-6)20-18(24)15(10-12(3)4)19-13(5)21/h11-12,14-15H,7-10H2,1-6H3,(H,19,21)(H,20,24)/t14-,15-/m0/s1. The molecule has 0 unspecified atom stereocenters. The first kappa shape index (κ1) is 23.6. The van der Waals surface area contributed by atoms with Gasteiger partial charge in [0.2, 0.25) is 23.4 Å². The van der Waals surface area contributed by atoms with Crippen molar-refractivity contribution in [1.29, 1.82) is 0 Å². The fourth-order valence-electron chi connectivity index (χ4n) is 2.44. The Balaban J connectivity index is 5.13. The van der Waals surface area contributed by atoms with Gasteiger partial charge in [-0.05, 0) is 30.9 Å². The van der Waals surface area contributed by atoms with Crippen molar-refractivity contribution in [2.75, 3.05) is 12.0 Å². The second-order valence-electron chi connectivity index (χ2n) is 7.10. The van der Waals surface area contributed by atoms with Crippen LogP contribution in [0.1, 0.15) is 53.9 Å². The topological polar surface area (TPSA) is 92.3 Å². The molecular formula is C18H32N2O4S. The van der Waals surface area contributed by atoms with Crippen molar-refractivity contribution in [3.63, 3.8) is 0 Å². The van der Waals surface area contributed by atoms with E-state index in [4.69, 9.17) is 0 Å². The highest BCUT2D eigenvalue weighted by Crippen LogP contribution is 2.11. The summed E-state index contributed by atoms with van der Waals surface area (Å²) in [6, 6.07) is -1.55. The van der Waals surface area contributed by atoms with E-state index >= 15 is 0 Å². The Morgan fingerprint density at radius 3 is 1.84 bits per heavy atom. The number of ketones is 2. The third-order valence-electron chi connectivity index (χ3n) is 3.55. The van der Waals surface area contributed by atoms with Gasteiger partial charge in [0, 0.05) is 19.1 Å². The fraction of sp³-hybridized carbons (Fsp3) is 0.778. The van der Waals surface area contributed by atoms with E-state index in [-0.39, 0.29) is 24.2 Å². The van der Waals surface area contributed by atoms with Crippen LogP contribution in [-0.2, 0) is 19.2 Å². The van der Waals surface area contributed by atoms with Gasteiger partial charge in [-0.1, -0.05) is 27.7 Å². The minimum Gasteiger partial charge on any atom is -0.345 e. The number of hydrogen-bond acceptors (Lipinski definition) is 5. The van der Waals surface area contributed by atoms with Crippen LogP contribution in [0.15, 0.2) is 0 Å². The molecule has 7 heteroatoms.